The first-order valence-corrected chi connectivity index (χ1v) is 7.78. The molecule has 7 nitrogen and oxygen atoms in total. The fraction of sp³-hybridized carbons (Fsp3) is 0.158. The van der Waals surface area contributed by atoms with Crippen LogP contribution in [0.5, 0.6) is 11.5 Å². The number of hydrogen-bond acceptors (Lipinski definition) is 6. The molecule has 134 valence electrons. The van der Waals surface area contributed by atoms with Gasteiger partial charge in [-0.15, -0.1) is 0 Å². The Morgan fingerprint density at radius 2 is 1.85 bits per heavy atom. The largest absolute Gasteiger partial charge is 0.497 e. The van der Waals surface area contributed by atoms with E-state index in [1.165, 1.54) is 14.2 Å². The van der Waals surface area contributed by atoms with Crippen molar-refractivity contribution >= 4 is 28.5 Å². The zero-order chi connectivity index (χ0) is 18.5. The van der Waals surface area contributed by atoms with Gasteiger partial charge in [-0.1, -0.05) is 18.2 Å². The van der Waals surface area contributed by atoms with Crippen LogP contribution < -0.4 is 14.8 Å². The number of amides is 1. The maximum absolute atomic E-state index is 12.1. The number of fused-ring (bicyclic) bond motifs is 1. The molecule has 0 unspecified atom stereocenters. The number of methoxy groups -OCH3 is 2. The summed E-state index contributed by atoms with van der Waals surface area (Å²) >= 11 is 0. The minimum Gasteiger partial charge on any atom is -0.497 e. The number of hydrogen-bond donors (Lipinski definition) is 1. The van der Waals surface area contributed by atoms with Crippen molar-refractivity contribution in [1.82, 2.24) is 0 Å². The molecule has 0 atom stereocenters. The molecule has 7 heteroatoms. The van der Waals surface area contributed by atoms with E-state index in [0.29, 0.717) is 22.8 Å². The third-order valence-corrected chi connectivity index (χ3v) is 3.64. The summed E-state index contributed by atoms with van der Waals surface area (Å²) in [5, 5.41) is 3.40. The van der Waals surface area contributed by atoms with Gasteiger partial charge < -0.3 is 23.9 Å². The van der Waals surface area contributed by atoms with Crippen LogP contribution in [-0.2, 0) is 9.53 Å². The third kappa shape index (κ3) is 3.77. The number of ether oxygens (including phenoxy) is 3. The summed E-state index contributed by atoms with van der Waals surface area (Å²) in [5.74, 6) is -0.170. The van der Waals surface area contributed by atoms with E-state index in [4.69, 9.17) is 18.6 Å². The van der Waals surface area contributed by atoms with Gasteiger partial charge in [-0.3, -0.25) is 4.79 Å². The first-order chi connectivity index (χ1) is 12.6. The van der Waals surface area contributed by atoms with Crippen LogP contribution in [0.4, 0.5) is 5.69 Å². The van der Waals surface area contributed by atoms with Gasteiger partial charge in [0.1, 0.15) is 17.1 Å². The molecule has 3 aromatic rings. The van der Waals surface area contributed by atoms with E-state index in [0.717, 1.165) is 5.39 Å². The Morgan fingerprint density at radius 1 is 1.04 bits per heavy atom. The molecule has 1 amide bonds. The highest BCUT2D eigenvalue weighted by molar-refractivity contribution is 5.97. The van der Waals surface area contributed by atoms with Crippen molar-refractivity contribution in [2.75, 3.05) is 26.1 Å². The molecule has 0 aliphatic rings. The van der Waals surface area contributed by atoms with Crippen molar-refractivity contribution in [3.8, 4) is 11.5 Å². The van der Waals surface area contributed by atoms with Crippen LogP contribution in [-0.4, -0.2) is 32.7 Å². The highest BCUT2D eigenvalue weighted by Gasteiger charge is 2.16. The van der Waals surface area contributed by atoms with Crippen LogP contribution in [0.25, 0.3) is 11.0 Å². The first kappa shape index (κ1) is 17.3. The lowest BCUT2D eigenvalue weighted by Crippen LogP contribution is -2.21. The number of benzene rings is 2. The summed E-state index contributed by atoms with van der Waals surface area (Å²) in [5.41, 5.74) is 0.988. The van der Waals surface area contributed by atoms with Crippen LogP contribution in [0.3, 0.4) is 0 Å². The Labute approximate surface area is 149 Å². The molecule has 0 saturated heterocycles. The van der Waals surface area contributed by atoms with Gasteiger partial charge in [-0.2, -0.15) is 0 Å². The number of nitrogens with one attached hydrogen (secondary N) is 1. The Bertz CT molecular complexity index is 913. The number of rotatable bonds is 6. The van der Waals surface area contributed by atoms with Gasteiger partial charge in [0.05, 0.1) is 19.9 Å². The van der Waals surface area contributed by atoms with E-state index in [9.17, 15) is 9.59 Å². The van der Waals surface area contributed by atoms with Crippen LogP contribution in [0.1, 0.15) is 10.6 Å². The van der Waals surface area contributed by atoms with Crippen molar-refractivity contribution in [3.05, 3.63) is 54.3 Å². The summed E-state index contributed by atoms with van der Waals surface area (Å²) in [6.07, 6.45) is 0. The zero-order valence-corrected chi connectivity index (χ0v) is 14.3. The maximum Gasteiger partial charge on any atom is 0.374 e. The van der Waals surface area contributed by atoms with Gasteiger partial charge in [0.15, 0.2) is 6.61 Å². The minimum absolute atomic E-state index is 0.0398. The molecule has 0 radical (unpaired) electrons. The van der Waals surface area contributed by atoms with Crippen molar-refractivity contribution < 1.29 is 28.2 Å². The summed E-state index contributed by atoms with van der Waals surface area (Å²) in [4.78, 5) is 24.1. The second-order valence-corrected chi connectivity index (χ2v) is 5.34. The Kier molecular flexibility index (Phi) is 5.07. The fourth-order valence-electron chi connectivity index (χ4n) is 2.38. The number of carbonyl (C=O) groups excluding carboxylic acids is 2. The standard InChI is InChI=1S/C19H17NO6/c1-23-13-7-8-16(24-2)14(10-13)20-18(21)11-25-19(22)17-9-12-5-3-4-6-15(12)26-17/h3-10H,11H2,1-2H3,(H,20,21). The Balaban J connectivity index is 1.62. The maximum atomic E-state index is 12.1. The molecule has 3 rings (SSSR count). The Hall–Kier alpha value is -3.48. The van der Waals surface area contributed by atoms with Crippen molar-refractivity contribution in [3.63, 3.8) is 0 Å². The molecule has 0 aliphatic carbocycles. The quantitative estimate of drug-likeness (QED) is 0.683. The molecule has 0 spiro atoms. The number of anilines is 1. The van der Waals surface area contributed by atoms with E-state index in [-0.39, 0.29) is 5.76 Å². The molecule has 0 bridgehead atoms. The summed E-state index contributed by atoms with van der Waals surface area (Å²) in [6, 6.07) is 13.7. The van der Waals surface area contributed by atoms with E-state index < -0.39 is 18.5 Å². The second-order valence-electron chi connectivity index (χ2n) is 5.34. The van der Waals surface area contributed by atoms with Gasteiger partial charge in [0, 0.05) is 11.5 Å². The normalized spacial score (nSPS) is 10.4. The zero-order valence-electron chi connectivity index (χ0n) is 14.3. The van der Waals surface area contributed by atoms with Crippen molar-refractivity contribution in [1.29, 1.82) is 0 Å². The average Bonchev–Trinajstić information content (AvgIpc) is 3.10. The van der Waals surface area contributed by atoms with Crippen LogP contribution >= 0.6 is 0 Å². The first-order valence-electron chi connectivity index (χ1n) is 7.78. The molecule has 0 aliphatic heterocycles. The van der Waals surface area contributed by atoms with Crippen LogP contribution in [0.15, 0.2) is 52.9 Å². The summed E-state index contributed by atoms with van der Waals surface area (Å²) in [7, 11) is 3.00. The topological polar surface area (TPSA) is 87.0 Å². The molecule has 0 fully saturated rings. The van der Waals surface area contributed by atoms with E-state index >= 15 is 0 Å². The fourth-order valence-corrected chi connectivity index (χ4v) is 2.38. The van der Waals surface area contributed by atoms with Gasteiger partial charge in [0.25, 0.3) is 5.91 Å². The predicted octanol–water partition coefficient (Wildman–Crippen LogP) is 3.25. The summed E-state index contributed by atoms with van der Waals surface area (Å²) in [6.45, 7) is -0.462. The Morgan fingerprint density at radius 3 is 2.58 bits per heavy atom. The monoisotopic (exact) mass is 355 g/mol. The third-order valence-electron chi connectivity index (χ3n) is 3.64. The van der Waals surface area contributed by atoms with Gasteiger partial charge >= 0.3 is 5.97 Å². The number of para-hydroxylation sites is 1. The SMILES string of the molecule is COc1ccc(OC)c(NC(=O)COC(=O)c2cc3ccccc3o2)c1. The van der Waals surface area contributed by atoms with Crippen molar-refractivity contribution in [2.24, 2.45) is 0 Å². The molecule has 0 saturated carbocycles. The average molecular weight is 355 g/mol. The number of furan rings is 1. The molecule has 1 N–H and O–H groups in total. The van der Waals surface area contributed by atoms with E-state index in [1.807, 2.05) is 12.1 Å². The van der Waals surface area contributed by atoms with Crippen molar-refractivity contribution in [2.45, 2.75) is 0 Å². The minimum atomic E-state index is -0.714. The van der Waals surface area contributed by atoms with Gasteiger partial charge in [-0.25, -0.2) is 4.79 Å². The molecular weight excluding hydrogens is 338 g/mol. The molecule has 2 aromatic carbocycles. The summed E-state index contributed by atoms with van der Waals surface area (Å²) < 4.78 is 20.7. The number of esters is 1. The lowest BCUT2D eigenvalue weighted by Gasteiger charge is -2.11. The lowest BCUT2D eigenvalue weighted by atomic mass is 10.2. The van der Waals surface area contributed by atoms with Crippen LogP contribution in [0.2, 0.25) is 0 Å². The molecule has 1 aromatic heterocycles. The molecule has 26 heavy (non-hydrogen) atoms. The lowest BCUT2D eigenvalue weighted by molar-refractivity contribution is -0.119. The van der Waals surface area contributed by atoms with Gasteiger partial charge in [-0.05, 0) is 24.3 Å². The molecular formula is C19H17NO6. The molecule has 1 heterocycles. The van der Waals surface area contributed by atoms with E-state index in [1.54, 1.807) is 36.4 Å². The highest BCUT2D eigenvalue weighted by Crippen LogP contribution is 2.28. The van der Waals surface area contributed by atoms with Gasteiger partial charge in [0.2, 0.25) is 5.76 Å². The smallest absolute Gasteiger partial charge is 0.374 e. The van der Waals surface area contributed by atoms with E-state index in [2.05, 4.69) is 5.32 Å². The second kappa shape index (κ2) is 7.60. The predicted molar refractivity (Wildman–Crippen MR) is 94.7 cm³/mol. The van der Waals surface area contributed by atoms with Crippen LogP contribution in [0, 0.1) is 0 Å². The highest BCUT2D eigenvalue weighted by atomic mass is 16.5. The number of carbonyl (C=O) groups is 2.